The van der Waals surface area contributed by atoms with Crippen LogP contribution >= 0.6 is 11.3 Å². The monoisotopic (exact) mass is 459 g/mol. The van der Waals surface area contributed by atoms with E-state index >= 15 is 0 Å². The summed E-state index contributed by atoms with van der Waals surface area (Å²) < 4.78 is 11.0. The third-order valence-corrected chi connectivity index (χ3v) is 6.53. The van der Waals surface area contributed by atoms with Crippen LogP contribution in [0.15, 0.2) is 65.3 Å². The zero-order valence-corrected chi connectivity index (χ0v) is 19.2. The molecule has 168 valence electrons. The number of hydrogen-bond acceptors (Lipinski definition) is 8. The number of hydrazone groups is 1. The number of nitrogens with one attached hydrogen (secondary N) is 1. The van der Waals surface area contributed by atoms with E-state index in [0.29, 0.717) is 5.82 Å². The Labute approximate surface area is 196 Å². The summed E-state index contributed by atoms with van der Waals surface area (Å²) in [6, 6.07) is 16.4. The Bertz CT molecular complexity index is 1250. The molecule has 1 aliphatic rings. The third-order valence-electron chi connectivity index (χ3n) is 5.64. The Kier molecular flexibility index (Phi) is 6.57. The molecule has 0 unspecified atom stereocenters. The first-order valence-electron chi connectivity index (χ1n) is 10.9. The van der Waals surface area contributed by atoms with Crippen LogP contribution in [0.25, 0.3) is 21.3 Å². The summed E-state index contributed by atoms with van der Waals surface area (Å²) in [4.78, 5) is 12.2. The van der Waals surface area contributed by atoms with Gasteiger partial charge >= 0.3 is 0 Å². The maximum atomic E-state index is 5.58. The fourth-order valence-electron chi connectivity index (χ4n) is 3.96. The summed E-state index contributed by atoms with van der Waals surface area (Å²) in [5, 5.41) is 7.58. The van der Waals surface area contributed by atoms with Gasteiger partial charge in [-0.2, -0.15) is 5.10 Å². The summed E-state index contributed by atoms with van der Waals surface area (Å²) in [6.07, 6.45) is 3.38. The summed E-state index contributed by atoms with van der Waals surface area (Å²) >= 11 is 1.60. The molecule has 2 aromatic heterocycles. The molecule has 8 heteroatoms. The Balaban J connectivity index is 1.37. The van der Waals surface area contributed by atoms with E-state index in [4.69, 9.17) is 9.47 Å². The number of anilines is 1. The quantitative estimate of drug-likeness (QED) is 0.321. The van der Waals surface area contributed by atoms with Gasteiger partial charge in [0, 0.05) is 36.1 Å². The fourth-order valence-corrected chi connectivity index (χ4v) is 4.88. The highest BCUT2D eigenvalue weighted by atomic mass is 32.1. The van der Waals surface area contributed by atoms with Crippen molar-refractivity contribution < 1.29 is 9.47 Å². The first-order chi connectivity index (χ1) is 16.3. The number of rotatable bonds is 7. The van der Waals surface area contributed by atoms with Gasteiger partial charge in [0.15, 0.2) is 5.82 Å². The molecule has 1 fully saturated rings. The molecular weight excluding hydrogens is 434 g/mol. The van der Waals surface area contributed by atoms with Gasteiger partial charge in [0.05, 0.1) is 31.9 Å². The lowest BCUT2D eigenvalue weighted by Crippen LogP contribution is -2.35. The summed E-state index contributed by atoms with van der Waals surface area (Å²) in [6.45, 7) is 4.22. The van der Waals surface area contributed by atoms with Crippen molar-refractivity contribution in [1.82, 2.24) is 14.9 Å². The lowest BCUT2D eigenvalue weighted by atomic mass is 10.1. The summed E-state index contributed by atoms with van der Waals surface area (Å²) in [5.74, 6) is 1.58. The van der Waals surface area contributed by atoms with Crippen LogP contribution in [0, 0.1) is 0 Å². The van der Waals surface area contributed by atoms with Crippen LogP contribution in [0.3, 0.4) is 0 Å². The average molecular weight is 460 g/mol. The van der Waals surface area contributed by atoms with Gasteiger partial charge in [0.2, 0.25) is 0 Å². The van der Waals surface area contributed by atoms with Crippen molar-refractivity contribution in [3.63, 3.8) is 0 Å². The first-order valence-corrected chi connectivity index (χ1v) is 11.7. The molecule has 2 aromatic carbocycles. The highest BCUT2D eigenvalue weighted by Crippen LogP contribution is 2.36. The molecule has 5 rings (SSSR count). The lowest BCUT2D eigenvalue weighted by molar-refractivity contribution is 0.0339. The highest BCUT2D eigenvalue weighted by Gasteiger charge is 2.14. The molecule has 0 spiro atoms. The second-order valence-electron chi connectivity index (χ2n) is 7.75. The van der Waals surface area contributed by atoms with E-state index in [9.17, 15) is 0 Å². The molecule has 1 N–H and O–H groups in total. The number of fused-ring (bicyclic) bond motifs is 1. The van der Waals surface area contributed by atoms with Crippen LogP contribution in [0.5, 0.6) is 5.75 Å². The Morgan fingerprint density at radius 3 is 2.82 bits per heavy atom. The van der Waals surface area contributed by atoms with E-state index in [1.165, 1.54) is 0 Å². The highest BCUT2D eigenvalue weighted by molar-refractivity contribution is 7.17. The first kappa shape index (κ1) is 21.5. The molecule has 33 heavy (non-hydrogen) atoms. The molecule has 1 saturated heterocycles. The molecule has 4 aromatic rings. The van der Waals surface area contributed by atoms with Crippen molar-refractivity contribution in [3.8, 4) is 16.9 Å². The Morgan fingerprint density at radius 2 is 2.00 bits per heavy atom. The van der Waals surface area contributed by atoms with Gasteiger partial charge in [-0.05, 0) is 29.3 Å². The van der Waals surface area contributed by atoms with Crippen molar-refractivity contribution >= 4 is 33.6 Å². The number of methoxy groups -OCH3 is 1. The normalized spacial score (nSPS) is 14.7. The van der Waals surface area contributed by atoms with E-state index in [1.54, 1.807) is 24.8 Å². The van der Waals surface area contributed by atoms with E-state index < -0.39 is 0 Å². The van der Waals surface area contributed by atoms with Crippen LogP contribution < -0.4 is 10.2 Å². The predicted octanol–water partition coefficient (Wildman–Crippen LogP) is 4.65. The van der Waals surface area contributed by atoms with Gasteiger partial charge in [0.25, 0.3) is 0 Å². The number of ether oxygens (including phenoxy) is 2. The van der Waals surface area contributed by atoms with Crippen LogP contribution in [0.2, 0.25) is 0 Å². The average Bonchev–Trinajstić information content (AvgIpc) is 3.31. The zero-order valence-electron chi connectivity index (χ0n) is 18.4. The number of nitrogens with zero attached hydrogens (tertiary/aromatic N) is 4. The van der Waals surface area contributed by atoms with Crippen LogP contribution in [-0.4, -0.2) is 54.5 Å². The molecule has 7 nitrogen and oxygen atoms in total. The van der Waals surface area contributed by atoms with Crippen molar-refractivity contribution in [2.24, 2.45) is 5.10 Å². The summed E-state index contributed by atoms with van der Waals surface area (Å²) in [5.41, 5.74) is 7.49. The molecule has 0 aliphatic carbocycles. The van der Waals surface area contributed by atoms with Crippen LogP contribution in [0.1, 0.15) is 11.1 Å². The maximum Gasteiger partial charge on any atom is 0.159 e. The second-order valence-corrected chi connectivity index (χ2v) is 8.61. The number of morpholine rings is 1. The van der Waals surface area contributed by atoms with Crippen molar-refractivity contribution in [2.75, 3.05) is 38.8 Å². The number of hydrogen-bond donors (Lipinski definition) is 1. The molecule has 0 saturated carbocycles. The summed E-state index contributed by atoms with van der Waals surface area (Å²) in [7, 11) is 1.71. The van der Waals surface area contributed by atoms with Gasteiger partial charge in [-0.25, -0.2) is 9.97 Å². The van der Waals surface area contributed by atoms with Gasteiger partial charge < -0.3 is 9.47 Å². The third kappa shape index (κ3) is 4.88. The van der Waals surface area contributed by atoms with Gasteiger partial charge in [-0.3, -0.25) is 10.3 Å². The van der Waals surface area contributed by atoms with E-state index in [1.807, 2.05) is 36.5 Å². The maximum absolute atomic E-state index is 5.58. The second kappa shape index (κ2) is 10.1. The van der Waals surface area contributed by atoms with Gasteiger partial charge in [-0.15, -0.1) is 11.3 Å². The van der Waals surface area contributed by atoms with Crippen molar-refractivity contribution in [1.29, 1.82) is 0 Å². The lowest BCUT2D eigenvalue weighted by Gasteiger charge is -2.27. The number of aromatic nitrogens is 2. The van der Waals surface area contributed by atoms with Crippen LogP contribution in [0.4, 0.5) is 5.82 Å². The Hall–Kier alpha value is -3.33. The molecule has 1 aliphatic heterocycles. The van der Waals surface area contributed by atoms with E-state index in [0.717, 1.165) is 71.1 Å². The zero-order chi connectivity index (χ0) is 22.5. The Morgan fingerprint density at radius 1 is 1.15 bits per heavy atom. The molecule has 0 amide bonds. The van der Waals surface area contributed by atoms with Crippen LogP contribution in [-0.2, 0) is 11.3 Å². The number of thiophene rings is 1. The largest absolute Gasteiger partial charge is 0.496 e. The van der Waals surface area contributed by atoms with Gasteiger partial charge in [0.1, 0.15) is 16.9 Å². The standard InChI is InChI=1S/C25H25N5O2S/c1-31-22-8-7-18(13-20(22)15-30-9-11-32-12-10-30)14-28-29-24-23-21(19-5-3-2-4-6-19)16-33-25(23)27-17-26-24/h2-8,13-14,16-17H,9-12,15H2,1H3,(H,26,27,29)/b28-14-. The molecule has 0 atom stereocenters. The SMILES string of the molecule is COc1ccc(/C=N\Nc2ncnc3scc(-c4ccccc4)c23)cc1CN1CCOCC1. The smallest absolute Gasteiger partial charge is 0.159 e. The molecule has 0 bridgehead atoms. The predicted molar refractivity (Wildman–Crippen MR) is 133 cm³/mol. The van der Waals surface area contributed by atoms with Gasteiger partial charge in [-0.1, -0.05) is 30.3 Å². The minimum Gasteiger partial charge on any atom is -0.496 e. The molecule has 0 radical (unpaired) electrons. The van der Waals surface area contributed by atoms with E-state index in [2.05, 4.69) is 49.0 Å². The van der Waals surface area contributed by atoms with Crippen molar-refractivity contribution in [3.05, 3.63) is 71.4 Å². The van der Waals surface area contributed by atoms with E-state index in [-0.39, 0.29) is 0 Å². The minimum absolute atomic E-state index is 0.693. The fraction of sp³-hybridized carbons (Fsp3) is 0.240. The minimum atomic E-state index is 0.693. The number of benzene rings is 2. The molecular formula is C25H25N5O2S. The van der Waals surface area contributed by atoms with Crippen molar-refractivity contribution in [2.45, 2.75) is 6.54 Å². The molecule has 3 heterocycles. The topological polar surface area (TPSA) is 71.9 Å².